The molecule has 0 radical (unpaired) electrons. The monoisotopic (exact) mass is 807 g/mol. The third kappa shape index (κ3) is 8.63. The number of hydrogen-bond donors (Lipinski definition) is 5. The van der Waals surface area contributed by atoms with E-state index in [2.05, 4.69) is 15.4 Å². The molecule has 2 atom stereocenters. The summed E-state index contributed by atoms with van der Waals surface area (Å²) in [5.41, 5.74) is 6.45. The van der Waals surface area contributed by atoms with Crippen molar-refractivity contribution in [2.24, 2.45) is 0 Å². The summed E-state index contributed by atoms with van der Waals surface area (Å²) >= 11 is 1.34. The lowest BCUT2D eigenvalue weighted by Crippen LogP contribution is -2.59. The normalized spacial score (nSPS) is 15.4. The topological polar surface area (TPSA) is 187 Å². The highest BCUT2D eigenvalue weighted by molar-refractivity contribution is 8.00. The van der Waals surface area contributed by atoms with Crippen molar-refractivity contribution >= 4 is 45.7 Å². The number of aliphatic carboxylic acids is 1. The number of fused-ring (bicyclic) bond motifs is 4. The first kappa shape index (κ1) is 42.4. The fourth-order valence-electron chi connectivity index (χ4n) is 7.63. The number of nitrogens with zero attached hydrogens (tertiary/aromatic N) is 1. The minimum Gasteiger partial charge on any atom is -0.487 e. The van der Waals surface area contributed by atoms with Gasteiger partial charge in [0.2, 0.25) is 11.9 Å². The number of sulfonamides is 1. The van der Waals surface area contributed by atoms with Crippen molar-refractivity contribution in [2.45, 2.75) is 101 Å². The highest BCUT2D eigenvalue weighted by atomic mass is 32.2. The fraction of sp³-hybridized carbons (Fsp3) is 0.463. The van der Waals surface area contributed by atoms with Gasteiger partial charge in [-0.1, -0.05) is 48.5 Å². The van der Waals surface area contributed by atoms with Crippen LogP contribution in [0.15, 0.2) is 53.4 Å². The highest BCUT2D eigenvalue weighted by Gasteiger charge is 2.41. The molecule has 0 bridgehead atoms. The summed E-state index contributed by atoms with van der Waals surface area (Å²) in [5, 5.41) is 23.9. The maximum atomic E-state index is 14.0. The van der Waals surface area contributed by atoms with Gasteiger partial charge in [-0.25, -0.2) is 22.7 Å². The number of carbonyl (C=O) groups excluding carboxylic acids is 2. The number of amides is 2. The molecule has 5 N–H and O–H groups in total. The first-order chi connectivity index (χ1) is 26.2. The van der Waals surface area contributed by atoms with Crippen LogP contribution >= 0.6 is 11.8 Å². The van der Waals surface area contributed by atoms with E-state index in [4.69, 9.17) is 14.9 Å². The van der Waals surface area contributed by atoms with Crippen LogP contribution in [-0.4, -0.2) is 91.2 Å². The molecule has 56 heavy (non-hydrogen) atoms. The number of alkyl carbamates (subject to hydrolysis) is 1. The fourth-order valence-corrected chi connectivity index (χ4v) is 9.55. The van der Waals surface area contributed by atoms with Crippen molar-refractivity contribution in [3.05, 3.63) is 81.9 Å². The number of benzene rings is 3. The number of hydrogen-bond acceptors (Lipinski definition) is 9. The van der Waals surface area contributed by atoms with Crippen LogP contribution in [-0.2, 0) is 30.8 Å². The molecule has 13 nitrogen and oxygen atoms in total. The van der Waals surface area contributed by atoms with Gasteiger partial charge in [-0.15, -0.1) is 0 Å². The van der Waals surface area contributed by atoms with E-state index < -0.39 is 56.4 Å². The first-order valence-electron chi connectivity index (χ1n) is 18.5. The summed E-state index contributed by atoms with van der Waals surface area (Å²) in [6.07, 6.45) is 1.72. The van der Waals surface area contributed by atoms with Gasteiger partial charge in [0.25, 0.3) is 10.0 Å². The van der Waals surface area contributed by atoms with Gasteiger partial charge in [-0.05, 0) is 107 Å². The van der Waals surface area contributed by atoms with Gasteiger partial charge >= 0.3 is 12.1 Å². The Morgan fingerprint density at radius 1 is 1.04 bits per heavy atom. The molecule has 0 fully saturated rings. The van der Waals surface area contributed by atoms with Crippen LogP contribution in [0.5, 0.6) is 5.75 Å². The maximum Gasteiger partial charge on any atom is 0.407 e. The number of ether oxygens (including phenoxy) is 2. The van der Waals surface area contributed by atoms with E-state index in [9.17, 15) is 27.9 Å². The van der Waals surface area contributed by atoms with E-state index >= 15 is 0 Å². The third-order valence-electron chi connectivity index (χ3n) is 10.9. The number of guanidine groups is 1. The molecule has 0 unspecified atom stereocenters. The second-order valence-electron chi connectivity index (χ2n) is 15.6. The molecule has 0 aromatic heterocycles. The summed E-state index contributed by atoms with van der Waals surface area (Å²) in [7, 11) is -2.77. The van der Waals surface area contributed by atoms with E-state index in [1.807, 2.05) is 69.3 Å². The number of nitrogens with one attached hydrogen (secondary N) is 4. The summed E-state index contributed by atoms with van der Waals surface area (Å²) in [5.74, 6) is -1.81. The lowest BCUT2D eigenvalue weighted by molar-refractivity contribution is -0.150. The predicted octanol–water partition coefficient (Wildman–Crippen LogP) is 5.87. The zero-order chi connectivity index (χ0) is 41.3. The standard InChI is InChI=1S/C41H53N5O8S2/c1-23-24(2)34(25(3)30-21-40(4,5)54-33(23)30)56(51,52)45-38(42)43-20-14-19-32(37(48)49)46(8)36(47)35(41(6,7)55-9)44-39(50)53-22-31-28-17-12-10-15-26(28)27-16-11-13-18-29(27)31/h10-13,15-18,31-32,35H,14,19-22H2,1-9H3,(H,44,50)(H,48,49)(H3,42,43,45)/t32-,35+/m0/s1. The molecule has 302 valence electrons. The second-order valence-corrected chi connectivity index (χ2v) is 18.7. The average Bonchev–Trinajstić information content (AvgIpc) is 3.64. The molecule has 15 heteroatoms. The smallest absolute Gasteiger partial charge is 0.407 e. The molecule has 3 aromatic carbocycles. The number of carboxylic acids is 1. The van der Waals surface area contributed by atoms with Gasteiger partial charge < -0.3 is 30.1 Å². The molecule has 2 aliphatic rings. The van der Waals surface area contributed by atoms with Crippen molar-refractivity contribution in [1.82, 2.24) is 20.3 Å². The number of likely N-dealkylation sites (N-methyl/N-ethyl adjacent to an activating group) is 1. The van der Waals surface area contributed by atoms with Crippen molar-refractivity contribution < 1.29 is 37.4 Å². The number of thioether (sulfide) groups is 1. The van der Waals surface area contributed by atoms with Crippen LogP contribution in [0.25, 0.3) is 11.1 Å². The van der Waals surface area contributed by atoms with Crippen molar-refractivity contribution in [1.29, 1.82) is 5.41 Å². The SMILES string of the molecule is CSC(C)(C)[C@H](NC(=O)OCC1c2ccccc2-c2ccccc21)C(=O)N(C)[C@@H](CCCNC(=N)NS(=O)(=O)c1c(C)c(C)c2c(c1C)CC(C)(C)O2)C(=O)O. The molecule has 1 heterocycles. The number of carbonyl (C=O) groups is 3. The summed E-state index contributed by atoms with van der Waals surface area (Å²) in [6.45, 7) is 12.8. The van der Waals surface area contributed by atoms with E-state index in [-0.39, 0.29) is 36.8 Å². The molecule has 3 aromatic rings. The van der Waals surface area contributed by atoms with Gasteiger partial charge in [-0.3, -0.25) is 10.2 Å². The minimum atomic E-state index is -4.15. The number of carboxylic acid groups (broad SMARTS) is 1. The Kier molecular flexibility index (Phi) is 12.4. The zero-order valence-corrected chi connectivity index (χ0v) is 35.1. The molecule has 0 spiro atoms. The largest absolute Gasteiger partial charge is 0.487 e. The summed E-state index contributed by atoms with van der Waals surface area (Å²) in [4.78, 5) is 41.0. The van der Waals surface area contributed by atoms with Gasteiger partial charge in [0.15, 0.2) is 0 Å². The summed E-state index contributed by atoms with van der Waals surface area (Å²) < 4.78 is 40.4. The van der Waals surface area contributed by atoms with Crippen LogP contribution in [0, 0.1) is 26.2 Å². The van der Waals surface area contributed by atoms with Crippen LogP contribution < -0.4 is 20.1 Å². The lowest BCUT2D eigenvalue weighted by atomic mass is 9.94. The molecule has 1 aliphatic carbocycles. The quantitative estimate of drug-likeness (QED) is 0.0750. The van der Waals surface area contributed by atoms with Crippen LogP contribution in [0.1, 0.15) is 79.8 Å². The predicted molar refractivity (Wildman–Crippen MR) is 218 cm³/mol. The van der Waals surface area contributed by atoms with Crippen LogP contribution in [0.3, 0.4) is 0 Å². The Morgan fingerprint density at radius 2 is 1.62 bits per heavy atom. The minimum absolute atomic E-state index is 0.0139. The molecule has 1 aliphatic heterocycles. The van der Waals surface area contributed by atoms with E-state index in [1.165, 1.54) is 18.8 Å². The van der Waals surface area contributed by atoms with E-state index in [1.54, 1.807) is 34.0 Å². The van der Waals surface area contributed by atoms with Crippen molar-refractivity contribution in [3.8, 4) is 16.9 Å². The third-order valence-corrected chi connectivity index (χ3v) is 13.8. The maximum absolute atomic E-state index is 14.0. The molecule has 0 saturated carbocycles. The molecule has 0 saturated heterocycles. The molecule has 5 rings (SSSR count). The Balaban J connectivity index is 1.19. The van der Waals surface area contributed by atoms with Gasteiger partial charge in [0, 0.05) is 36.2 Å². The second kappa shape index (κ2) is 16.4. The van der Waals surface area contributed by atoms with E-state index in [0.717, 1.165) is 38.3 Å². The summed E-state index contributed by atoms with van der Waals surface area (Å²) in [6, 6.07) is 13.5. The first-order valence-corrected chi connectivity index (χ1v) is 21.2. The lowest BCUT2D eigenvalue weighted by Gasteiger charge is -2.36. The van der Waals surface area contributed by atoms with Gasteiger partial charge in [-0.2, -0.15) is 11.8 Å². The molecule has 2 amide bonds. The Morgan fingerprint density at radius 3 is 2.20 bits per heavy atom. The average molecular weight is 808 g/mol. The van der Waals surface area contributed by atoms with Crippen LogP contribution in [0.4, 0.5) is 4.79 Å². The zero-order valence-electron chi connectivity index (χ0n) is 33.5. The Labute approximate surface area is 333 Å². The van der Waals surface area contributed by atoms with Gasteiger partial charge in [0.1, 0.15) is 30.0 Å². The molecular weight excluding hydrogens is 755 g/mol. The van der Waals surface area contributed by atoms with Crippen molar-refractivity contribution in [2.75, 3.05) is 26.5 Å². The highest BCUT2D eigenvalue weighted by Crippen LogP contribution is 2.45. The Hall–Kier alpha value is -4.76. The van der Waals surface area contributed by atoms with E-state index in [0.29, 0.717) is 23.3 Å². The van der Waals surface area contributed by atoms with Crippen LogP contribution in [0.2, 0.25) is 0 Å². The molecular formula is C41H53N5O8S2. The van der Waals surface area contributed by atoms with Crippen molar-refractivity contribution in [3.63, 3.8) is 0 Å². The Bertz CT molecular complexity index is 2110. The van der Waals surface area contributed by atoms with Gasteiger partial charge in [0.05, 0.1) is 4.90 Å². The number of rotatable bonds is 14.